The van der Waals surface area contributed by atoms with Crippen molar-refractivity contribution in [1.82, 2.24) is 0 Å². The van der Waals surface area contributed by atoms with Gasteiger partial charge in [-0.1, -0.05) is 60.7 Å². The standard InChI is InChI=1S/2C8H8O3.Fe/c2*9-7(8(10)11)6-4-2-1-3-5-6;/h2*1-5,7,9H,(H,10,11);/q;;+2/p-2/t2*7-;/m00./s1. The Hall–Kier alpha value is -2.18. The van der Waals surface area contributed by atoms with E-state index in [0.717, 1.165) is 0 Å². The number of rotatable bonds is 4. The van der Waals surface area contributed by atoms with Crippen LogP contribution in [0.25, 0.3) is 0 Å². The summed E-state index contributed by atoms with van der Waals surface area (Å²) in [4.78, 5) is 20.3. The number of aliphatic hydroxyl groups is 2. The van der Waals surface area contributed by atoms with Crippen LogP contribution in [0.5, 0.6) is 0 Å². The topological polar surface area (TPSA) is 121 Å². The van der Waals surface area contributed by atoms with Crippen molar-refractivity contribution in [3.63, 3.8) is 0 Å². The molecule has 2 atom stereocenters. The number of aliphatic carboxylic acids is 2. The second-order valence-corrected chi connectivity index (χ2v) is 4.26. The van der Waals surface area contributed by atoms with Crippen LogP contribution < -0.4 is 10.2 Å². The molecule has 2 aromatic rings. The third-order valence-corrected chi connectivity index (χ3v) is 2.68. The fraction of sp³-hybridized carbons (Fsp3) is 0.125. The average Bonchev–Trinajstić information content (AvgIpc) is 2.55. The van der Waals surface area contributed by atoms with E-state index in [9.17, 15) is 19.8 Å². The zero-order valence-electron chi connectivity index (χ0n) is 11.8. The first-order valence-electron chi connectivity index (χ1n) is 6.31. The van der Waals surface area contributed by atoms with Crippen molar-refractivity contribution in [1.29, 1.82) is 0 Å². The van der Waals surface area contributed by atoms with Gasteiger partial charge in [-0.25, -0.2) is 0 Å². The van der Waals surface area contributed by atoms with Gasteiger partial charge in [-0.2, -0.15) is 0 Å². The van der Waals surface area contributed by atoms with Gasteiger partial charge in [0.05, 0.1) is 11.9 Å². The number of hydrogen-bond donors (Lipinski definition) is 2. The van der Waals surface area contributed by atoms with Crippen LogP contribution in [0.2, 0.25) is 0 Å². The predicted octanol–water partition coefficient (Wildman–Crippen LogP) is -1.06. The summed E-state index contributed by atoms with van der Waals surface area (Å²) in [7, 11) is 0. The van der Waals surface area contributed by atoms with E-state index in [4.69, 9.17) is 10.2 Å². The number of hydrogen-bond acceptors (Lipinski definition) is 6. The molecule has 0 saturated heterocycles. The SMILES string of the molecule is O=C([O-])[C@@H](O)c1ccccc1.O=C([O-])[C@@H](O)c1ccccc1.[Fe+2]. The minimum atomic E-state index is -1.52. The normalized spacial score (nSPS) is 11.9. The number of benzene rings is 2. The number of carbonyl (C=O) groups excluding carboxylic acids is 2. The maximum Gasteiger partial charge on any atom is 2.00 e. The third kappa shape index (κ3) is 7.08. The van der Waals surface area contributed by atoms with Crippen LogP contribution in [0.3, 0.4) is 0 Å². The molecule has 23 heavy (non-hydrogen) atoms. The van der Waals surface area contributed by atoms with Crippen LogP contribution in [0.1, 0.15) is 23.3 Å². The van der Waals surface area contributed by atoms with Gasteiger partial charge in [-0.05, 0) is 11.1 Å². The van der Waals surface area contributed by atoms with Crippen molar-refractivity contribution in [2.24, 2.45) is 0 Å². The second-order valence-electron chi connectivity index (χ2n) is 4.26. The van der Waals surface area contributed by atoms with Gasteiger partial charge in [0.2, 0.25) is 0 Å². The average molecular weight is 358 g/mol. The molecule has 0 aliphatic carbocycles. The van der Waals surface area contributed by atoms with Crippen LogP contribution in [0, 0.1) is 0 Å². The Kier molecular flexibility index (Phi) is 9.53. The maximum atomic E-state index is 10.1. The Morgan fingerprint density at radius 2 is 0.957 bits per heavy atom. The van der Waals surface area contributed by atoms with Gasteiger partial charge in [0.1, 0.15) is 12.2 Å². The quantitative estimate of drug-likeness (QED) is 0.672. The fourth-order valence-electron chi connectivity index (χ4n) is 1.54. The van der Waals surface area contributed by atoms with Gasteiger partial charge in [-0.3, -0.25) is 0 Å². The van der Waals surface area contributed by atoms with E-state index in [-0.39, 0.29) is 17.1 Å². The molecular weight excluding hydrogens is 344 g/mol. The van der Waals surface area contributed by atoms with Crippen molar-refractivity contribution in [2.75, 3.05) is 0 Å². The fourth-order valence-corrected chi connectivity index (χ4v) is 1.54. The Bertz CT molecular complexity index is 547. The van der Waals surface area contributed by atoms with Gasteiger partial charge in [0, 0.05) is 0 Å². The zero-order chi connectivity index (χ0) is 16.5. The summed E-state index contributed by atoms with van der Waals surface area (Å²) >= 11 is 0. The molecule has 0 spiro atoms. The molecule has 0 bridgehead atoms. The molecule has 0 unspecified atom stereocenters. The van der Waals surface area contributed by atoms with Crippen molar-refractivity contribution in [2.45, 2.75) is 12.2 Å². The van der Waals surface area contributed by atoms with Gasteiger partial charge in [0.15, 0.2) is 0 Å². The molecule has 122 valence electrons. The van der Waals surface area contributed by atoms with Crippen LogP contribution >= 0.6 is 0 Å². The molecule has 0 heterocycles. The maximum absolute atomic E-state index is 10.1. The molecule has 0 amide bonds. The van der Waals surface area contributed by atoms with Crippen LogP contribution in [0.15, 0.2) is 60.7 Å². The summed E-state index contributed by atoms with van der Waals surface area (Å²) in [5, 5.41) is 38.1. The summed E-state index contributed by atoms with van der Waals surface area (Å²) in [5.41, 5.74) is 0.681. The number of carbonyl (C=O) groups is 2. The molecule has 6 nitrogen and oxygen atoms in total. The third-order valence-electron chi connectivity index (χ3n) is 2.68. The van der Waals surface area contributed by atoms with E-state index in [2.05, 4.69) is 0 Å². The molecule has 2 N–H and O–H groups in total. The van der Waals surface area contributed by atoms with Crippen LogP contribution in [-0.2, 0) is 26.7 Å². The zero-order valence-corrected chi connectivity index (χ0v) is 12.9. The second kappa shape index (κ2) is 10.5. The van der Waals surface area contributed by atoms with E-state index < -0.39 is 24.1 Å². The summed E-state index contributed by atoms with van der Waals surface area (Å²) in [5.74, 6) is -2.95. The summed E-state index contributed by atoms with van der Waals surface area (Å²) < 4.78 is 0. The van der Waals surface area contributed by atoms with E-state index in [1.165, 1.54) is 24.3 Å². The molecule has 2 aromatic carbocycles. The Labute approximate surface area is 143 Å². The number of carboxylic acids is 2. The van der Waals surface area contributed by atoms with Crippen LogP contribution in [-0.4, -0.2) is 22.2 Å². The first-order chi connectivity index (χ1) is 10.4. The molecular formula is C16H14FeO6. The molecule has 0 aromatic heterocycles. The van der Waals surface area contributed by atoms with Crippen molar-refractivity contribution < 1.29 is 47.1 Å². The van der Waals surface area contributed by atoms with Crippen molar-refractivity contribution >= 4 is 11.9 Å². The molecule has 0 aliphatic rings. The van der Waals surface area contributed by atoms with Gasteiger partial charge in [0.25, 0.3) is 0 Å². The van der Waals surface area contributed by atoms with E-state index in [1.807, 2.05) is 0 Å². The Morgan fingerprint density at radius 3 is 1.17 bits per heavy atom. The molecule has 0 radical (unpaired) electrons. The van der Waals surface area contributed by atoms with Gasteiger partial charge < -0.3 is 30.0 Å². The largest absolute Gasteiger partial charge is 2.00 e. The van der Waals surface area contributed by atoms with E-state index >= 15 is 0 Å². The minimum absolute atomic E-state index is 0. The van der Waals surface area contributed by atoms with E-state index in [0.29, 0.717) is 11.1 Å². The number of aliphatic hydroxyl groups excluding tert-OH is 2. The van der Waals surface area contributed by atoms with Crippen LogP contribution in [0.4, 0.5) is 0 Å². The molecule has 2 rings (SSSR count). The van der Waals surface area contributed by atoms with E-state index in [1.54, 1.807) is 36.4 Å². The van der Waals surface area contributed by atoms with Crippen molar-refractivity contribution in [3.8, 4) is 0 Å². The monoisotopic (exact) mass is 358 g/mol. The minimum Gasteiger partial charge on any atom is -0.547 e. The Balaban J connectivity index is 0.000000403. The molecule has 0 fully saturated rings. The summed E-state index contributed by atoms with van der Waals surface area (Å²) in [6, 6.07) is 16.2. The number of carboxylic acid groups (broad SMARTS) is 2. The molecule has 0 aliphatic heterocycles. The first kappa shape index (κ1) is 20.8. The molecule has 0 saturated carbocycles. The molecule has 7 heteroatoms. The smallest absolute Gasteiger partial charge is 0.547 e. The predicted molar refractivity (Wildman–Crippen MR) is 72.8 cm³/mol. The van der Waals surface area contributed by atoms with Crippen molar-refractivity contribution in [3.05, 3.63) is 71.8 Å². The summed E-state index contributed by atoms with van der Waals surface area (Å²) in [6.45, 7) is 0. The Morgan fingerprint density at radius 1 is 0.696 bits per heavy atom. The van der Waals surface area contributed by atoms with Gasteiger partial charge >= 0.3 is 17.1 Å². The summed E-state index contributed by atoms with van der Waals surface area (Å²) in [6.07, 6.45) is -3.03. The van der Waals surface area contributed by atoms with Gasteiger partial charge in [-0.15, -0.1) is 0 Å². The first-order valence-corrected chi connectivity index (χ1v) is 6.31.